The van der Waals surface area contributed by atoms with Crippen LogP contribution in [0.15, 0.2) is 41.3 Å². The lowest BCUT2D eigenvalue weighted by atomic mass is 10.1. The molecular weight excluding hydrogens is 396 g/mol. The van der Waals surface area contributed by atoms with Crippen molar-refractivity contribution in [2.75, 3.05) is 20.3 Å². The first-order valence-corrected chi connectivity index (χ1v) is 10.8. The minimum atomic E-state index is -3.77. The number of hydrogen-bond acceptors (Lipinski definition) is 6. The molecule has 0 bridgehead atoms. The Morgan fingerprint density at radius 1 is 1.17 bits per heavy atom. The van der Waals surface area contributed by atoms with Crippen molar-refractivity contribution in [1.29, 1.82) is 0 Å². The number of fused-ring (bicyclic) bond motifs is 1. The van der Waals surface area contributed by atoms with Crippen LogP contribution in [0.2, 0.25) is 0 Å². The fourth-order valence-electron chi connectivity index (χ4n) is 3.06. The summed E-state index contributed by atoms with van der Waals surface area (Å²) in [6.07, 6.45) is 1.63. The van der Waals surface area contributed by atoms with Crippen LogP contribution in [-0.4, -0.2) is 40.7 Å². The van der Waals surface area contributed by atoms with Gasteiger partial charge in [-0.05, 0) is 37.1 Å². The predicted octanol–water partition coefficient (Wildman–Crippen LogP) is 1.84. The topological polar surface area (TPSA) is 103 Å². The summed E-state index contributed by atoms with van der Waals surface area (Å²) in [7, 11) is -2.37. The van der Waals surface area contributed by atoms with Gasteiger partial charge in [-0.3, -0.25) is 4.79 Å². The summed E-state index contributed by atoms with van der Waals surface area (Å²) < 4.78 is 44.2. The maximum atomic E-state index is 12.7. The highest BCUT2D eigenvalue weighted by atomic mass is 32.2. The molecule has 0 saturated heterocycles. The fraction of sp³-hybridized carbons (Fsp3) is 0.350. The largest absolute Gasteiger partial charge is 0.495 e. The maximum Gasteiger partial charge on any atom is 0.251 e. The highest BCUT2D eigenvalue weighted by molar-refractivity contribution is 7.89. The Balaban J connectivity index is 1.52. The summed E-state index contributed by atoms with van der Waals surface area (Å²) in [5.41, 5.74) is 1.01. The first-order valence-electron chi connectivity index (χ1n) is 9.34. The fourth-order valence-corrected chi connectivity index (χ4v) is 4.56. The number of ether oxygens (including phenoxy) is 3. The Morgan fingerprint density at radius 3 is 2.72 bits per heavy atom. The van der Waals surface area contributed by atoms with Gasteiger partial charge in [-0.15, -0.1) is 0 Å². The van der Waals surface area contributed by atoms with E-state index in [4.69, 9.17) is 14.2 Å². The van der Waals surface area contributed by atoms with Gasteiger partial charge in [-0.25, -0.2) is 13.1 Å². The number of rotatable bonds is 7. The first-order chi connectivity index (χ1) is 14.0. The first kappa shape index (κ1) is 19.5. The number of amides is 1. The molecule has 1 aliphatic carbocycles. The van der Waals surface area contributed by atoms with Crippen molar-refractivity contribution in [3.63, 3.8) is 0 Å². The van der Waals surface area contributed by atoms with Gasteiger partial charge in [0, 0.05) is 23.7 Å². The Hall–Kier alpha value is -2.78. The van der Waals surface area contributed by atoms with Gasteiger partial charge < -0.3 is 19.5 Å². The molecule has 154 valence electrons. The Bertz CT molecular complexity index is 1030. The van der Waals surface area contributed by atoms with Crippen LogP contribution in [0.25, 0.3) is 0 Å². The molecule has 0 spiro atoms. The van der Waals surface area contributed by atoms with Gasteiger partial charge in [0.25, 0.3) is 5.91 Å². The van der Waals surface area contributed by atoms with Crippen LogP contribution in [0.5, 0.6) is 17.2 Å². The highest BCUT2D eigenvalue weighted by Gasteiger charge is 2.30. The van der Waals surface area contributed by atoms with Crippen molar-refractivity contribution >= 4 is 15.9 Å². The number of sulfonamides is 1. The summed E-state index contributed by atoms with van der Waals surface area (Å²) in [4.78, 5) is 12.6. The second-order valence-electron chi connectivity index (χ2n) is 6.89. The molecule has 2 aromatic carbocycles. The van der Waals surface area contributed by atoms with Crippen LogP contribution in [0.3, 0.4) is 0 Å². The number of benzene rings is 2. The molecule has 2 aliphatic rings. The van der Waals surface area contributed by atoms with Gasteiger partial charge in [0.1, 0.15) is 23.9 Å². The number of carbonyl (C=O) groups excluding carboxylic acids is 1. The number of hydrogen-bond donors (Lipinski definition) is 2. The lowest BCUT2D eigenvalue weighted by Crippen LogP contribution is -2.27. The van der Waals surface area contributed by atoms with E-state index in [1.807, 2.05) is 18.2 Å². The number of carbonyl (C=O) groups is 1. The Kier molecular flexibility index (Phi) is 5.33. The van der Waals surface area contributed by atoms with Gasteiger partial charge in [-0.2, -0.15) is 0 Å². The Labute approximate surface area is 169 Å². The molecule has 0 atom stereocenters. The average Bonchev–Trinajstić information content (AvgIpc) is 3.54. The molecule has 0 radical (unpaired) electrons. The van der Waals surface area contributed by atoms with Crippen molar-refractivity contribution in [3.8, 4) is 17.2 Å². The molecule has 1 amide bonds. The molecular formula is C20H22N2O6S. The van der Waals surface area contributed by atoms with E-state index >= 15 is 0 Å². The number of methoxy groups -OCH3 is 1. The molecule has 0 aromatic heterocycles. The lowest BCUT2D eigenvalue weighted by molar-refractivity contribution is 0.0949. The average molecular weight is 418 g/mol. The molecule has 0 unspecified atom stereocenters. The van der Waals surface area contributed by atoms with E-state index < -0.39 is 15.9 Å². The standard InChI is InChI=1S/C20H22N2O6S/c1-26-16-8-5-13(11-18(16)29(24,25)22-15-6-7-15)20(23)21-12-14-3-2-4-17-19(14)28-10-9-27-17/h2-5,8,11,15,22H,6-7,9-10,12H2,1H3,(H,21,23). The summed E-state index contributed by atoms with van der Waals surface area (Å²) >= 11 is 0. The number of para-hydroxylation sites is 1. The summed E-state index contributed by atoms with van der Waals surface area (Å²) in [5, 5.41) is 2.80. The Morgan fingerprint density at radius 2 is 1.97 bits per heavy atom. The van der Waals surface area contributed by atoms with Crippen molar-refractivity contribution < 1.29 is 27.4 Å². The molecule has 1 aliphatic heterocycles. The van der Waals surface area contributed by atoms with Gasteiger partial charge in [-0.1, -0.05) is 12.1 Å². The van der Waals surface area contributed by atoms with Crippen molar-refractivity contribution in [1.82, 2.24) is 10.0 Å². The quantitative estimate of drug-likeness (QED) is 0.711. The third-order valence-corrected chi connectivity index (χ3v) is 6.24. The highest BCUT2D eigenvalue weighted by Crippen LogP contribution is 2.33. The zero-order chi connectivity index (χ0) is 20.4. The van der Waals surface area contributed by atoms with Crippen molar-refractivity contribution in [2.24, 2.45) is 0 Å². The summed E-state index contributed by atoms with van der Waals surface area (Å²) in [5.74, 6) is 1.06. The van der Waals surface area contributed by atoms with Crippen LogP contribution < -0.4 is 24.2 Å². The van der Waals surface area contributed by atoms with E-state index in [0.717, 1.165) is 18.4 Å². The minimum Gasteiger partial charge on any atom is -0.495 e. The second-order valence-corrected chi connectivity index (χ2v) is 8.57. The molecule has 4 rings (SSSR count). The van der Waals surface area contributed by atoms with Gasteiger partial charge in [0.05, 0.1) is 7.11 Å². The van der Waals surface area contributed by atoms with Crippen LogP contribution in [0.4, 0.5) is 0 Å². The van der Waals surface area contributed by atoms with Crippen molar-refractivity contribution in [2.45, 2.75) is 30.3 Å². The van der Waals surface area contributed by atoms with E-state index in [9.17, 15) is 13.2 Å². The normalized spacial score (nSPS) is 15.6. The molecule has 8 nitrogen and oxygen atoms in total. The molecule has 29 heavy (non-hydrogen) atoms. The van der Waals surface area contributed by atoms with Crippen LogP contribution in [0, 0.1) is 0 Å². The smallest absolute Gasteiger partial charge is 0.251 e. The molecule has 1 heterocycles. The zero-order valence-corrected chi connectivity index (χ0v) is 16.8. The van der Waals surface area contributed by atoms with Crippen LogP contribution in [-0.2, 0) is 16.6 Å². The summed E-state index contributed by atoms with van der Waals surface area (Å²) in [6, 6.07) is 9.79. The van der Waals surface area contributed by atoms with Gasteiger partial charge in [0.15, 0.2) is 11.5 Å². The zero-order valence-electron chi connectivity index (χ0n) is 15.9. The molecule has 2 N–H and O–H groups in total. The second kappa shape index (κ2) is 7.92. The molecule has 1 fully saturated rings. The van der Waals surface area contributed by atoms with Crippen molar-refractivity contribution in [3.05, 3.63) is 47.5 Å². The van der Waals surface area contributed by atoms with Crippen LogP contribution >= 0.6 is 0 Å². The minimum absolute atomic E-state index is 0.0475. The van der Waals surface area contributed by atoms with Gasteiger partial charge in [0.2, 0.25) is 10.0 Å². The van der Waals surface area contributed by atoms with E-state index in [1.54, 1.807) is 0 Å². The van der Waals surface area contributed by atoms with Gasteiger partial charge >= 0.3 is 0 Å². The SMILES string of the molecule is COc1ccc(C(=O)NCc2cccc3c2OCCO3)cc1S(=O)(=O)NC1CC1. The van der Waals surface area contributed by atoms with E-state index in [-0.39, 0.29) is 28.8 Å². The molecule has 2 aromatic rings. The monoisotopic (exact) mass is 418 g/mol. The third-order valence-electron chi connectivity index (χ3n) is 4.70. The number of nitrogens with one attached hydrogen (secondary N) is 2. The van der Waals surface area contributed by atoms with E-state index in [1.165, 1.54) is 25.3 Å². The van der Waals surface area contributed by atoms with Crippen LogP contribution in [0.1, 0.15) is 28.8 Å². The lowest BCUT2D eigenvalue weighted by Gasteiger charge is -2.21. The van der Waals surface area contributed by atoms with E-state index in [2.05, 4.69) is 10.0 Å². The molecule has 1 saturated carbocycles. The third kappa shape index (κ3) is 4.30. The molecule has 9 heteroatoms. The van der Waals surface area contributed by atoms with E-state index in [0.29, 0.717) is 24.7 Å². The predicted molar refractivity (Wildman–Crippen MR) is 105 cm³/mol. The maximum absolute atomic E-state index is 12.7. The summed E-state index contributed by atoms with van der Waals surface area (Å²) in [6.45, 7) is 1.16.